The van der Waals surface area contributed by atoms with Gasteiger partial charge >= 0.3 is 0 Å². The van der Waals surface area contributed by atoms with Gasteiger partial charge in [0, 0.05) is 21.8 Å². The van der Waals surface area contributed by atoms with Gasteiger partial charge in [-0.3, -0.25) is 4.79 Å². The van der Waals surface area contributed by atoms with Gasteiger partial charge in [-0.2, -0.15) is 5.26 Å². The molecule has 0 aliphatic carbocycles. The first kappa shape index (κ1) is 16.9. The van der Waals surface area contributed by atoms with E-state index in [1.165, 1.54) is 13.2 Å². The number of nitrogens with one attached hydrogen (secondary N) is 1. The number of halogens is 1. The third-order valence-electron chi connectivity index (χ3n) is 3.47. The van der Waals surface area contributed by atoms with Crippen LogP contribution in [0.3, 0.4) is 0 Å². The van der Waals surface area contributed by atoms with Gasteiger partial charge in [0.1, 0.15) is 17.4 Å². The van der Waals surface area contributed by atoms with Gasteiger partial charge < -0.3 is 19.5 Å². The Morgan fingerprint density at radius 3 is 2.76 bits per heavy atom. The first-order valence-electron chi connectivity index (χ1n) is 7.27. The molecule has 1 N–H and O–H groups in total. The molecule has 2 aromatic carbocycles. The zero-order valence-electron chi connectivity index (χ0n) is 13.2. The molecule has 1 aliphatic heterocycles. The van der Waals surface area contributed by atoms with Crippen molar-refractivity contribution in [3.05, 3.63) is 52.0 Å². The number of benzene rings is 2. The Balaban J connectivity index is 1.90. The Bertz CT molecular complexity index is 902. The number of fused-ring (bicyclic) bond motifs is 1. The number of carbonyl (C=O) groups excluding carboxylic acids is 1. The van der Waals surface area contributed by atoms with E-state index in [-0.39, 0.29) is 12.4 Å². The quantitative estimate of drug-likeness (QED) is 0.624. The second-order valence-electron chi connectivity index (χ2n) is 5.08. The normalized spacial score (nSPS) is 12.4. The standard InChI is InChI=1S/C18H13BrN2O4/c1-23-15-8-17-16(24-10-25-17)6-11(15)5-12(9-20)18(22)21-14-4-2-3-13(19)7-14/h2-8H,10H2,1H3,(H,21,22)/b12-5+. The summed E-state index contributed by atoms with van der Waals surface area (Å²) in [6, 6.07) is 12.4. The van der Waals surface area contributed by atoms with E-state index in [1.54, 1.807) is 30.3 Å². The highest BCUT2D eigenvalue weighted by atomic mass is 79.9. The van der Waals surface area contributed by atoms with E-state index < -0.39 is 5.91 Å². The van der Waals surface area contributed by atoms with Crippen molar-refractivity contribution in [3.63, 3.8) is 0 Å². The summed E-state index contributed by atoms with van der Waals surface area (Å²) in [5, 5.41) is 12.0. The molecule has 1 heterocycles. The van der Waals surface area contributed by atoms with Gasteiger partial charge in [0.25, 0.3) is 5.91 Å². The molecule has 0 bridgehead atoms. The molecule has 6 nitrogen and oxygen atoms in total. The number of anilines is 1. The first-order valence-corrected chi connectivity index (χ1v) is 8.06. The van der Waals surface area contributed by atoms with Crippen LogP contribution in [0.2, 0.25) is 0 Å². The number of hydrogen-bond acceptors (Lipinski definition) is 5. The highest BCUT2D eigenvalue weighted by molar-refractivity contribution is 9.10. The molecule has 3 rings (SSSR count). The maximum absolute atomic E-state index is 12.4. The zero-order chi connectivity index (χ0) is 17.8. The summed E-state index contributed by atoms with van der Waals surface area (Å²) in [6.45, 7) is 0.125. The molecule has 0 aromatic heterocycles. The maximum atomic E-state index is 12.4. The van der Waals surface area contributed by atoms with Crippen molar-refractivity contribution in [2.24, 2.45) is 0 Å². The summed E-state index contributed by atoms with van der Waals surface area (Å²) in [5.41, 5.74) is 1.07. The summed E-state index contributed by atoms with van der Waals surface area (Å²) >= 11 is 3.33. The van der Waals surface area contributed by atoms with Crippen LogP contribution in [-0.4, -0.2) is 19.8 Å². The number of nitriles is 1. The van der Waals surface area contributed by atoms with Crippen LogP contribution in [0.25, 0.3) is 6.08 Å². The van der Waals surface area contributed by atoms with Crippen molar-refractivity contribution >= 4 is 33.6 Å². The molecule has 0 fully saturated rings. The lowest BCUT2D eigenvalue weighted by atomic mass is 10.1. The van der Waals surface area contributed by atoms with Crippen LogP contribution in [0.1, 0.15) is 5.56 Å². The van der Waals surface area contributed by atoms with Crippen LogP contribution in [0.15, 0.2) is 46.4 Å². The minimum absolute atomic E-state index is 0.0582. The predicted octanol–water partition coefficient (Wildman–Crippen LogP) is 3.73. The summed E-state index contributed by atoms with van der Waals surface area (Å²) in [5.74, 6) is 1.07. The number of rotatable bonds is 4. The summed E-state index contributed by atoms with van der Waals surface area (Å²) in [7, 11) is 1.50. The Labute approximate surface area is 152 Å². The molecule has 7 heteroatoms. The highest BCUT2D eigenvalue weighted by Crippen LogP contribution is 2.38. The van der Waals surface area contributed by atoms with Crippen LogP contribution in [0, 0.1) is 11.3 Å². The number of methoxy groups -OCH3 is 1. The van der Waals surface area contributed by atoms with E-state index in [0.717, 1.165) is 4.47 Å². The summed E-state index contributed by atoms with van der Waals surface area (Å²) in [6.07, 6.45) is 1.45. The molecule has 0 saturated carbocycles. The van der Waals surface area contributed by atoms with E-state index >= 15 is 0 Å². The zero-order valence-corrected chi connectivity index (χ0v) is 14.8. The second-order valence-corrected chi connectivity index (χ2v) is 6.00. The Morgan fingerprint density at radius 2 is 2.08 bits per heavy atom. The molecule has 1 amide bonds. The second kappa shape index (κ2) is 7.28. The van der Waals surface area contributed by atoms with Crippen LogP contribution < -0.4 is 19.5 Å². The van der Waals surface area contributed by atoms with Crippen molar-refractivity contribution in [1.29, 1.82) is 5.26 Å². The third-order valence-corrected chi connectivity index (χ3v) is 3.97. The molecule has 126 valence electrons. The first-order chi connectivity index (χ1) is 12.1. The molecule has 25 heavy (non-hydrogen) atoms. The highest BCUT2D eigenvalue weighted by Gasteiger charge is 2.18. The summed E-state index contributed by atoms with van der Waals surface area (Å²) in [4.78, 5) is 12.4. The van der Waals surface area contributed by atoms with E-state index in [2.05, 4.69) is 21.2 Å². The average molecular weight is 401 g/mol. The van der Waals surface area contributed by atoms with Crippen molar-refractivity contribution in [1.82, 2.24) is 0 Å². The smallest absolute Gasteiger partial charge is 0.266 e. The van der Waals surface area contributed by atoms with E-state index in [9.17, 15) is 10.1 Å². The number of nitrogens with zero attached hydrogens (tertiary/aromatic N) is 1. The lowest BCUT2D eigenvalue weighted by molar-refractivity contribution is -0.112. The fraction of sp³-hybridized carbons (Fsp3) is 0.111. The molecule has 1 aliphatic rings. The number of amides is 1. The van der Waals surface area contributed by atoms with E-state index in [4.69, 9.17) is 14.2 Å². The maximum Gasteiger partial charge on any atom is 0.266 e. The summed E-state index contributed by atoms with van der Waals surface area (Å²) < 4.78 is 16.7. The molecule has 0 atom stereocenters. The third kappa shape index (κ3) is 3.75. The monoisotopic (exact) mass is 400 g/mol. The molecule has 0 unspecified atom stereocenters. The van der Waals surface area contributed by atoms with Crippen molar-refractivity contribution in [2.75, 3.05) is 19.2 Å². The average Bonchev–Trinajstić information content (AvgIpc) is 3.05. The number of ether oxygens (including phenoxy) is 3. The Kier molecular flexibility index (Phi) is 4.91. The van der Waals surface area contributed by atoms with Crippen molar-refractivity contribution in [2.45, 2.75) is 0 Å². The van der Waals surface area contributed by atoms with Gasteiger partial charge in [-0.05, 0) is 30.3 Å². The van der Waals surface area contributed by atoms with Gasteiger partial charge in [-0.1, -0.05) is 22.0 Å². The van der Waals surface area contributed by atoms with E-state index in [0.29, 0.717) is 28.5 Å². The lowest BCUT2D eigenvalue weighted by Gasteiger charge is -2.08. The van der Waals surface area contributed by atoms with Gasteiger partial charge in [-0.15, -0.1) is 0 Å². The molecular weight excluding hydrogens is 388 g/mol. The molecular formula is C18H13BrN2O4. The number of hydrogen-bond donors (Lipinski definition) is 1. The van der Waals surface area contributed by atoms with Crippen LogP contribution >= 0.6 is 15.9 Å². The van der Waals surface area contributed by atoms with Crippen LogP contribution in [-0.2, 0) is 4.79 Å². The van der Waals surface area contributed by atoms with Gasteiger partial charge in [0.05, 0.1) is 7.11 Å². The molecule has 0 saturated heterocycles. The fourth-order valence-corrected chi connectivity index (χ4v) is 2.70. The lowest BCUT2D eigenvalue weighted by Crippen LogP contribution is -2.13. The van der Waals surface area contributed by atoms with Gasteiger partial charge in [-0.25, -0.2) is 0 Å². The minimum atomic E-state index is -0.514. The Hall–Kier alpha value is -2.98. The molecule has 0 spiro atoms. The fourth-order valence-electron chi connectivity index (χ4n) is 2.30. The van der Waals surface area contributed by atoms with Crippen molar-refractivity contribution < 1.29 is 19.0 Å². The molecule has 0 radical (unpaired) electrons. The SMILES string of the molecule is COc1cc2c(cc1/C=C(\C#N)C(=O)Nc1cccc(Br)c1)OCO2. The number of carbonyl (C=O) groups is 1. The largest absolute Gasteiger partial charge is 0.496 e. The van der Waals surface area contributed by atoms with Gasteiger partial charge in [0.2, 0.25) is 6.79 Å². The topological polar surface area (TPSA) is 80.6 Å². The molecule has 2 aromatic rings. The Morgan fingerprint density at radius 1 is 1.32 bits per heavy atom. The predicted molar refractivity (Wildman–Crippen MR) is 95.5 cm³/mol. The van der Waals surface area contributed by atoms with Crippen molar-refractivity contribution in [3.8, 4) is 23.3 Å². The van der Waals surface area contributed by atoms with E-state index in [1.807, 2.05) is 12.1 Å². The van der Waals surface area contributed by atoms with Crippen LogP contribution in [0.5, 0.6) is 17.2 Å². The minimum Gasteiger partial charge on any atom is -0.496 e. The van der Waals surface area contributed by atoms with Crippen LogP contribution in [0.4, 0.5) is 5.69 Å². The van der Waals surface area contributed by atoms with Gasteiger partial charge in [0.15, 0.2) is 11.5 Å².